The zero-order valence-electron chi connectivity index (χ0n) is 12.4. The molecular formula is C17H17ClN2O2. The molecule has 0 saturated carbocycles. The molecule has 0 radical (unpaired) electrons. The van der Waals surface area contributed by atoms with E-state index >= 15 is 0 Å². The third-order valence-corrected chi connectivity index (χ3v) is 4.54. The molecule has 0 amide bonds. The van der Waals surface area contributed by atoms with Gasteiger partial charge in [-0.2, -0.15) is 4.74 Å². The molecule has 3 rings (SSSR count). The summed E-state index contributed by atoms with van der Waals surface area (Å²) in [5.74, 6) is 0. The van der Waals surface area contributed by atoms with Crippen molar-refractivity contribution in [2.45, 2.75) is 25.6 Å². The first-order valence-corrected chi connectivity index (χ1v) is 7.48. The Balaban J connectivity index is 2.16. The fourth-order valence-electron chi connectivity index (χ4n) is 2.97. The number of hydroxylamine groups is 3. The summed E-state index contributed by atoms with van der Waals surface area (Å²) in [5, 5.41) is 25.3. The lowest BCUT2D eigenvalue weighted by Crippen LogP contribution is -2.45. The Bertz CT molecular complexity index is 715. The lowest BCUT2D eigenvalue weighted by atomic mass is 10.0. The van der Waals surface area contributed by atoms with E-state index in [0.29, 0.717) is 16.3 Å². The molecule has 1 aliphatic heterocycles. The zero-order chi connectivity index (χ0) is 15.9. The normalized spacial score (nSPS) is 25.7. The van der Waals surface area contributed by atoms with Crippen LogP contribution >= 0.6 is 11.6 Å². The number of hydrogen-bond acceptors (Lipinski definition) is 3. The minimum absolute atomic E-state index is 0.416. The second-order valence-electron chi connectivity index (χ2n) is 5.59. The monoisotopic (exact) mass is 316 g/mol. The molecule has 2 aromatic carbocycles. The first kappa shape index (κ1) is 15.0. The molecule has 5 heteroatoms. The second-order valence-corrected chi connectivity index (χ2v) is 6.03. The van der Waals surface area contributed by atoms with Gasteiger partial charge in [0.05, 0.1) is 0 Å². The van der Waals surface area contributed by atoms with Gasteiger partial charge in [0.2, 0.25) is 5.71 Å². The molecule has 1 N–H and O–H groups in total. The smallest absolute Gasteiger partial charge is 0.274 e. The molecule has 22 heavy (non-hydrogen) atoms. The SMILES string of the molecule is CC1C(c2ccccc2)=[N+]([O-])C(C)(c2ccc(Cl)cc2)N1O. The quantitative estimate of drug-likeness (QED) is 0.680. The van der Waals surface area contributed by atoms with E-state index in [1.54, 1.807) is 31.2 Å². The average molecular weight is 317 g/mol. The van der Waals surface area contributed by atoms with Gasteiger partial charge in [-0.1, -0.05) is 29.8 Å². The highest BCUT2D eigenvalue weighted by Crippen LogP contribution is 2.36. The highest BCUT2D eigenvalue weighted by molar-refractivity contribution is 6.30. The lowest BCUT2D eigenvalue weighted by Gasteiger charge is -2.29. The van der Waals surface area contributed by atoms with E-state index in [4.69, 9.17) is 11.6 Å². The van der Waals surface area contributed by atoms with Crippen LogP contribution in [0.5, 0.6) is 0 Å². The standard InChI is InChI=1S/C17H17ClN2O2/c1-12-16(13-6-4-3-5-7-13)20(22)17(2,19(12)21)14-8-10-15(18)11-9-14/h3-12,21H,1-2H3. The first-order chi connectivity index (χ1) is 10.5. The summed E-state index contributed by atoms with van der Waals surface area (Å²) in [7, 11) is 0. The van der Waals surface area contributed by atoms with Crippen LogP contribution < -0.4 is 0 Å². The van der Waals surface area contributed by atoms with Crippen LogP contribution in [0.4, 0.5) is 0 Å². The Labute approximate surface area is 134 Å². The number of halogens is 1. The van der Waals surface area contributed by atoms with Gasteiger partial charge in [-0.3, -0.25) is 0 Å². The highest BCUT2D eigenvalue weighted by atomic mass is 35.5. The Kier molecular flexibility index (Phi) is 3.68. The summed E-state index contributed by atoms with van der Waals surface area (Å²) in [6, 6.07) is 15.9. The highest BCUT2D eigenvalue weighted by Gasteiger charge is 2.54. The maximum atomic E-state index is 13.0. The van der Waals surface area contributed by atoms with E-state index in [0.717, 1.165) is 15.4 Å². The number of hydrogen-bond donors (Lipinski definition) is 1. The molecule has 0 aromatic heterocycles. The van der Waals surface area contributed by atoms with Crippen LogP contribution in [-0.4, -0.2) is 26.8 Å². The van der Waals surface area contributed by atoms with Crippen LogP contribution in [0.3, 0.4) is 0 Å². The molecule has 2 unspecified atom stereocenters. The maximum absolute atomic E-state index is 13.0. The van der Waals surface area contributed by atoms with Crippen molar-refractivity contribution in [1.29, 1.82) is 0 Å². The molecule has 0 spiro atoms. The van der Waals surface area contributed by atoms with Gasteiger partial charge in [0, 0.05) is 23.1 Å². The molecule has 0 fully saturated rings. The number of nitrogens with zero attached hydrogens (tertiary/aromatic N) is 2. The molecule has 0 bridgehead atoms. The van der Waals surface area contributed by atoms with Gasteiger partial charge < -0.3 is 10.4 Å². The van der Waals surface area contributed by atoms with Crippen LogP contribution in [0, 0.1) is 5.21 Å². The lowest BCUT2D eigenvalue weighted by molar-refractivity contribution is -0.595. The summed E-state index contributed by atoms with van der Waals surface area (Å²) < 4.78 is 0.885. The Morgan fingerprint density at radius 1 is 1.14 bits per heavy atom. The van der Waals surface area contributed by atoms with Gasteiger partial charge >= 0.3 is 0 Å². The Morgan fingerprint density at radius 2 is 1.73 bits per heavy atom. The van der Waals surface area contributed by atoms with Crippen molar-refractivity contribution in [2.75, 3.05) is 0 Å². The van der Waals surface area contributed by atoms with Crippen molar-refractivity contribution >= 4 is 17.3 Å². The molecule has 1 heterocycles. The zero-order valence-corrected chi connectivity index (χ0v) is 13.2. The molecule has 0 saturated heterocycles. The predicted octanol–water partition coefficient (Wildman–Crippen LogP) is 3.61. The Hall–Kier alpha value is -1.88. The van der Waals surface area contributed by atoms with Crippen LogP contribution in [0.1, 0.15) is 25.0 Å². The van der Waals surface area contributed by atoms with E-state index in [2.05, 4.69) is 0 Å². The van der Waals surface area contributed by atoms with Gasteiger partial charge in [0.15, 0.2) is 0 Å². The molecule has 4 nitrogen and oxygen atoms in total. The minimum Gasteiger partial charge on any atom is -0.622 e. The fourth-order valence-corrected chi connectivity index (χ4v) is 3.10. The van der Waals surface area contributed by atoms with E-state index in [-0.39, 0.29) is 0 Å². The van der Waals surface area contributed by atoms with E-state index in [9.17, 15) is 10.4 Å². The third kappa shape index (κ3) is 2.11. The van der Waals surface area contributed by atoms with Gasteiger partial charge in [-0.15, -0.1) is 5.06 Å². The van der Waals surface area contributed by atoms with Gasteiger partial charge in [-0.25, -0.2) is 0 Å². The summed E-state index contributed by atoms with van der Waals surface area (Å²) >= 11 is 5.92. The largest absolute Gasteiger partial charge is 0.622 e. The second kappa shape index (κ2) is 5.39. The molecule has 2 aromatic rings. The van der Waals surface area contributed by atoms with E-state index in [1.807, 2.05) is 37.3 Å². The van der Waals surface area contributed by atoms with Gasteiger partial charge in [0.1, 0.15) is 6.04 Å². The summed E-state index contributed by atoms with van der Waals surface area (Å²) in [6.07, 6.45) is 0. The number of benzene rings is 2. The number of rotatable bonds is 2. The van der Waals surface area contributed by atoms with E-state index < -0.39 is 11.7 Å². The van der Waals surface area contributed by atoms with E-state index in [1.165, 1.54) is 0 Å². The van der Waals surface area contributed by atoms with Crippen LogP contribution in [0.2, 0.25) is 5.02 Å². The van der Waals surface area contributed by atoms with Crippen LogP contribution in [0.15, 0.2) is 54.6 Å². The van der Waals surface area contributed by atoms with Crippen LogP contribution in [-0.2, 0) is 5.66 Å². The first-order valence-electron chi connectivity index (χ1n) is 7.10. The minimum atomic E-state index is -1.19. The summed E-state index contributed by atoms with van der Waals surface area (Å²) in [4.78, 5) is 0. The summed E-state index contributed by atoms with van der Waals surface area (Å²) in [6.45, 7) is 3.52. The molecule has 1 aliphatic rings. The Morgan fingerprint density at radius 3 is 2.32 bits per heavy atom. The average Bonchev–Trinajstić information content (AvgIpc) is 2.71. The summed E-state index contributed by atoms with van der Waals surface area (Å²) in [5.41, 5.74) is 0.851. The van der Waals surface area contributed by atoms with Gasteiger partial charge in [-0.05, 0) is 43.3 Å². The molecule has 114 valence electrons. The van der Waals surface area contributed by atoms with Crippen molar-refractivity contribution in [1.82, 2.24) is 5.06 Å². The predicted molar refractivity (Wildman–Crippen MR) is 86.1 cm³/mol. The van der Waals surface area contributed by atoms with Crippen LogP contribution in [0.25, 0.3) is 0 Å². The van der Waals surface area contributed by atoms with Crippen molar-refractivity contribution in [2.24, 2.45) is 0 Å². The maximum Gasteiger partial charge on any atom is 0.274 e. The third-order valence-electron chi connectivity index (χ3n) is 4.28. The van der Waals surface area contributed by atoms with Gasteiger partial charge in [0.25, 0.3) is 5.66 Å². The molecule has 0 aliphatic carbocycles. The molecular weight excluding hydrogens is 300 g/mol. The van der Waals surface area contributed by atoms with Crippen molar-refractivity contribution in [3.8, 4) is 0 Å². The molecule has 2 atom stereocenters. The topological polar surface area (TPSA) is 49.5 Å². The van der Waals surface area contributed by atoms with Crippen molar-refractivity contribution in [3.63, 3.8) is 0 Å². The van der Waals surface area contributed by atoms with Crippen molar-refractivity contribution in [3.05, 3.63) is 76.0 Å². The fraction of sp³-hybridized carbons (Fsp3) is 0.235. The van der Waals surface area contributed by atoms with Crippen molar-refractivity contribution < 1.29 is 9.95 Å².